The predicted molar refractivity (Wildman–Crippen MR) is 138 cm³/mol. The van der Waals surface area contributed by atoms with Crippen molar-refractivity contribution in [1.82, 2.24) is 5.43 Å². The molecule has 0 aliphatic rings. The Bertz CT molecular complexity index is 1550. The van der Waals surface area contributed by atoms with Gasteiger partial charge in [-0.1, -0.05) is 11.6 Å². The third-order valence-corrected chi connectivity index (χ3v) is 5.29. The molecule has 0 atom stereocenters. The number of hydrogen-bond donors (Lipinski definition) is 2. The van der Waals surface area contributed by atoms with E-state index in [1.165, 1.54) is 18.2 Å². The molecule has 17 heteroatoms. The molecule has 2 amide bonds. The number of nitro groups is 2. The minimum absolute atomic E-state index is 0.0160. The van der Waals surface area contributed by atoms with Gasteiger partial charge in [0.05, 0.1) is 45.0 Å². The van der Waals surface area contributed by atoms with Crippen LogP contribution in [0.1, 0.15) is 18.1 Å². The zero-order valence-electron chi connectivity index (χ0n) is 20.6. The summed E-state index contributed by atoms with van der Waals surface area (Å²) in [5.41, 5.74) is -0.467. The average Bonchev–Trinajstić information content (AvgIpc) is 2.90. The summed E-state index contributed by atoms with van der Waals surface area (Å²) >= 11 is 5.80. The largest absolute Gasteiger partial charge is 0.490 e. The monoisotopic (exact) mass is 595 g/mol. The first-order valence-electron chi connectivity index (χ1n) is 11.2. The number of nitrogens with zero attached hydrogens (tertiary/aromatic N) is 3. The Morgan fingerprint density at radius 1 is 0.976 bits per heavy atom. The number of hydrogen-bond acceptors (Lipinski definition) is 9. The third-order valence-electron chi connectivity index (χ3n) is 4.97. The lowest BCUT2D eigenvalue weighted by Crippen LogP contribution is -2.32. The molecule has 41 heavy (non-hydrogen) atoms. The number of carbonyl (C=O) groups is 2. The van der Waals surface area contributed by atoms with Crippen molar-refractivity contribution in [3.05, 3.63) is 91.0 Å². The number of nitrogens with one attached hydrogen (secondary N) is 2. The van der Waals surface area contributed by atoms with Crippen LogP contribution < -0.4 is 20.2 Å². The fourth-order valence-electron chi connectivity index (χ4n) is 3.12. The van der Waals surface area contributed by atoms with E-state index in [0.29, 0.717) is 17.7 Å². The second kappa shape index (κ2) is 12.7. The molecule has 3 aromatic carbocycles. The van der Waals surface area contributed by atoms with E-state index in [2.05, 4.69) is 5.10 Å². The van der Waals surface area contributed by atoms with Crippen LogP contribution >= 0.6 is 11.6 Å². The highest BCUT2D eigenvalue weighted by Gasteiger charge is 2.31. The number of nitro benzene ring substituents is 2. The Labute approximate surface area is 232 Å². The fourth-order valence-corrected chi connectivity index (χ4v) is 3.28. The van der Waals surface area contributed by atoms with E-state index in [0.717, 1.165) is 30.5 Å². The van der Waals surface area contributed by atoms with Gasteiger partial charge in [-0.3, -0.25) is 29.8 Å². The van der Waals surface area contributed by atoms with Crippen molar-refractivity contribution in [2.45, 2.75) is 13.1 Å². The molecule has 0 unspecified atom stereocenters. The summed E-state index contributed by atoms with van der Waals surface area (Å²) in [6, 6.07) is 9.18. The summed E-state index contributed by atoms with van der Waals surface area (Å²) in [5.74, 6) is -2.84. The molecule has 3 aromatic rings. The van der Waals surface area contributed by atoms with Crippen LogP contribution in [0, 0.1) is 20.2 Å². The van der Waals surface area contributed by atoms with E-state index in [4.69, 9.17) is 21.1 Å². The number of halogens is 4. The summed E-state index contributed by atoms with van der Waals surface area (Å²) in [4.78, 5) is 44.9. The molecule has 0 aliphatic carbocycles. The molecule has 0 spiro atoms. The number of rotatable bonds is 9. The maximum atomic E-state index is 12.9. The molecule has 0 radical (unpaired) electrons. The molecular weight excluding hydrogens is 579 g/mol. The first-order chi connectivity index (χ1) is 19.3. The third kappa shape index (κ3) is 7.89. The van der Waals surface area contributed by atoms with E-state index in [9.17, 15) is 43.0 Å². The van der Waals surface area contributed by atoms with Gasteiger partial charge in [0.25, 0.3) is 5.69 Å². The highest BCUT2D eigenvalue weighted by Crippen LogP contribution is 2.38. The van der Waals surface area contributed by atoms with Crippen molar-refractivity contribution in [3.63, 3.8) is 0 Å². The molecule has 0 aliphatic heterocycles. The maximum Gasteiger partial charge on any atom is 0.416 e. The average molecular weight is 596 g/mol. The predicted octanol–water partition coefficient (Wildman–Crippen LogP) is 5.46. The normalized spacial score (nSPS) is 11.1. The highest BCUT2D eigenvalue weighted by atomic mass is 35.5. The first kappa shape index (κ1) is 30.3. The number of ether oxygens (including phenoxy) is 2. The Morgan fingerprint density at radius 2 is 1.68 bits per heavy atom. The van der Waals surface area contributed by atoms with Crippen LogP contribution in [0.3, 0.4) is 0 Å². The molecule has 0 aromatic heterocycles. The van der Waals surface area contributed by atoms with Gasteiger partial charge >= 0.3 is 23.7 Å². The second-order valence-electron chi connectivity index (χ2n) is 7.75. The van der Waals surface area contributed by atoms with Crippen molar-refractivity contribution in [2.24, 2.45) is 5.10 Å². The quantitative estimate of drug-likeness (QED) is 0.142. The number of non-ortho nitro benzene ring substituents is 1. The smallest absolute Gasteiger partial charge is 0.416 e. The molecule has 0 heterocycles. The summed E-state index contributed by atoms with van der Waals surface area (Å²) in [6.07, 6.45) is -3.60. The van der Waals surface area contributed by atoms with E-state index in [1.54, 1.807) is 6.92 Å². The van der Waals surface area contributed by atoms with Gasteiger partial charge in [0.15, 0.2) is 11.5 Å². The molecule has 3 rings (SSSR count). The molecule has 0 fully saturated rings. The van der Waals surface area contributed by atoms with Gasteiger partial charge in [-0.2, -0.15) is 18.3 Å². The number of amides is 2. The molecule has 0 saturated carbocycles. The van der Waals surface area contributed by atoms with E-state index >= 15 is 0 Å². The van der Waals surface area contributed by atoms with Gasteiger partial charge < -0.3 is 14.8 Å². The van der Waals surface area contributed by atoms with E-state index in [1.807, 2.05) is 10.7 Å². The molecule has 214 valence electrons. The molecular formula is C24H17ClF3N5O8. The van der Waals surface area contributed by atoms with Crippen LogP contribution in [-0.2, 0) is 15.8 Å². The summed E-state index contributed by atoms with van der Waals surface area (Å²) < 4.78 is 49.8. The maximum absolute atomic E-state index is 12.9. The standard InChI is InChI=1S/C24H17ClF3N5O8/c1-2-40-21-9-13(3-7-20(21)41-19-8-5-15(32(36)37)11-18(19)33(38)39)12-29-31-23(35)22(34)30-17-10-14(24(26,27)28)4-6-16(17)25/h3-12H,2H2,1H3,(H,30,34)(H,31,35)/b29-12+. The van der Waals surface area contributed by atoms with Crippen LogP contribution in [0.2, 0.25) is 5.02 Å². The first-order valence-corrected chi connectivity index (χ1v) is 11.6. The number of carbonyl (C=O) groups excluding carboxylic acids is 2. The molecule has 13 nitrogen and oxygen atoms in total. The molecule has 2 N–H and O–H groups in total. The van der Waals surface area contributed by atoms with Crippen LogP contribution in [0.15, 0.2) is 59.7 Å². The van der Waals surface area contributed by atoms with E-state index < -0.39 is 50.5 Å². The lowest BCUT2D eigenvalue weighted by Gasteiger charge is -2.12. The Hall–Kier alpha value is -5.25. The summed E-state index contributed by atoms with van der Waals surface area (Å²) in [6.45, 7) is 1.79. The van der Waals surface area contributed by atoms with Gasteiger partial charge in [-0.25, -0.2) is 5.43 Å². The Morgan fingerprint density at radius 3 is 2.32 bits per heavy atom. The Balaban J connectivity index is 1.73. The van der Waals surface area contributed by atoms with E-state index in [-0.39, 0.29) is 28.9 Å². The topological polar surface area (TPSA) is 175 Å². The number of alkyl halides is 3. The van der Waals surface area contributed by atoms with Crippen LogP contribution in [-0.4, -0.2) is 34.5 Å². The number of benzene rings is 3. The van der Waals surface area contributed by atoms with Crippen molar-refractivity contribution in [3.8, 4) is 17.2 Å². The van der Waals surface area contributed by atoms with Gasteiger partial charge in [0.2, 0.25) is 5.75 Å². The van der Waals surface area contributed by atoms with Gasteiger partial charge in [0, 0.05) is 6.07 Å². The zero-order chi connectivity index (χ0) is 30.3. The lowest BCUT2D eigenvalue weighted by molar-refractivity contribution is -0.394. The van der Waals surface area contributed by atoms with Gasteiger partial charge in [-0.15, -0.1) is 0 Å². The van der Waals surface area contributed by atoms with Crippen molar-refractivity contribution < 1.29 is 42.1 Å². The number of anilines is 1. The highest BCUT2D eigenvalue weighted by molar-refractivity contribution is 6.41. The van der Waals surface area contributed by atoms with Crippen LogP contribution in [0.4, 0.5) is 30.2 Å². The molecule has 0 saturated heterocycles. The molecule has 0 bridgehead atoms. The minimum Gasteiger partial charge on any atom is -0.490 e. The SMILES string of the molecule is CCOc1cc(/C=N/NC(=O)C(=O)Nc2cc(C(F)(F)F)ccc2Cl)ccc1Oc1ccc([N+](=O)[O-])cc1[N+](=O)[O-]. The van der Waals surface area contributed by atoms with Gasteiger partial charge in [0.1, 0.15) is 0 Å². The Kier molecular flexibility index (Phi) is 9.41. The summed E-state index contributed by atoms with van der Waals surface area (Å²) in [7, 11) is 0. The summed E-state index contributed by atoms with van der Waals surface area (Å²) in [5, 5.41) is 27.7. The zero-order valence-corrected chi connectivity index (χ0v) is 21.4. The van der Waals surface area contributed by atoms with Crippen LogP contribution in [0.25, 0.3) is 0 Å². The second-order valence-corrected chi connectivity index (χ2v) is 8.16. The van der Waals surface area contributed by atoms with Gasteiger partial charge in [-0.05, 0) is 55.0 Å². The lowest BCUT2D eigenvalue weighted by atomic mass is 10.2. The van der Waals surface area contributed by atoms with Crippen molar-refractivity contribution in [2.75, 3.05) is 11.9 Å². The van der Waals surface area contributed by atoms with Crippen molar-refractivity contribution in [1.29, 1.82) is 0 Å². The minimum atomic E-state index is -4.70. The number of hydrazone groups is 1. The van der Waals surface area contributed by atoms with Crippen molar-refractivity contribution >= 4 is 46.7 Å². The van der Waals surface area contributed by atoms with Crippen LogP contribution in [0.5, 0.6) is 17.2 Å². The fraction of sp³-hybridized carbons (Fsp3) is 0.125.